The molecule has 1 unspecified atom stereocenters. The Morgan fingerprint density at radius 2 is 2.00 bits per heavy atom. The Balaban J connectivity index is 2.03. The van der Waals surface area contributed by atoms with Crippen LogP contribution in [-0.2, 0) is 10.0 Å². The Morgan fingerprint density at radius 1 is 1.21 bits per heavy atom. The molecular formula is C21H22N4O2S. The zero-order valence-corrected chi connectivity index (χ0v) is 16.6. The van der Waals surface area contributed by atoms with Crippen LogP contribution in [0.15, 0.2) is 55.0 Å². The van der Waals surface area contributed by atoms with Crippen molar-refractivity contribution in [2.75, 3.05) is 10.5 Å². The number of aromatic nitrogens is 2. The van der Waals surface area contributed by atoms with Crippen molar-refractivity contribution in [3.8, 4) is 6.07 Å². The molecule has 1 aromatic heterocycles. The molecule has 0 spiro atoms. The number of aromatic amines is 1. The van der Waals surface area contributed by atoms with Crippen molar-refractivity contribution in [1.29, 1.82) is 5.26 Å². The number of benzene rings is 2. The van der Waals surface area contributed by atoms with Crippen molar-refractivity contribution in [3.63, 3.8) is 0 Å². The monoisotopic (exact) mass is 394 g/mol. The van der Waals surface area contributed by atoms with Crippen LogP contribution in [0.5, 0.6) is 0 Å². The lowest BCUT2D eigenvalue weighted by atomic mass is 9.85. The maximum absolute atomic E-state index is 12.2. The van der Waals surface area contributed by atoms with Gasteiger partial charge in [-0.05, 0) is 48.2 Å². The smallest absolute Gasteiger partial charge is 0.233 e. The van der Waals surface area contributed by atoms with Gasteiger partial charge < -0.3 is 4.98 Å². The number of H-pyrrole nitrogens is 1. The average Bonchev–Trinajstić information content (AvgIpc) is 3.18. The summed E-state index contributed by atoms with van der Waals surface area (Å²) < 4.78 is 26.9. The predicted molar refractivity (Wildman–Crippen MR) is 110 cm³/mol. The van der Waals surface area contributed by atoms with Crippen molar-refractivity contribution < 1.29 is 8.42 Å². The second-order valence-corrected chi connectivity index (χ2v) is 8.53. The number of hydrogen-bond acceptors (Lipinski definition) is 4. The lowest BCUT2D eigenvalue weighted by Gasteiger charge is -2.21. The van der Waals surface area contributed by atoms with Gasteiger partial charge in [0.1, 0.15) is 0 Å². The second-order valence-electron chi connectivity index (χ2n) is 6.68. The Labute approximate surface area is 165 Å². The van der Waals surface area contributed by atoms with Gasteiger partial charge in [0.2, 0.25) is 10.0 Å². The third-order valence-corrected chi connectivity index (χ3v) is 6.05. The first-order valence-electron chi connectivity index (χ1n) is 8.93. The Kier molecular flexibility index (Phi) is 5.81. The normalized spacial score (nSPS) is 12.3. The summed E-state index contributed by atoms with van der Waals surface area (Å²) in [4.78, 5) is 7.35. The van der Waals surface area contributed by atoms with Crippen LogP contribution in [0.1, 0.15) is 40.3 Å². The van der Waals surface area contributed by atoms with Gasteiger partial charge in [-0.3, -0.25) is 4.72 Å². The molecule has 3 rings (SSSR count). The minimum absolute atomic E-state index is 0.0473. The average molecular weight is 395 g/mol. The number of rotatable bonds is 7. The molecule has 0 fully saturated rings. The third-order valence-electron chi connectivity index (χ3n) is 4.76. The molecule has 0 aliphatic rings. The van der Waals surface area contributed by atoms with E-state index in [1.165, 1.54) is 11.1 Å². The van der Waals surface area contributed by atoms with E-state index in [2.05, 4.69) is 40.7 Å². The summed E-state index contributed by atoms with van der Waals surface area (Å²) in [5.74, 6) is -0.333. The van der Waals surface area contributed by atoms with Crippen molar-refractivity contribution in [2.24, 2.45) is 0 Å². The topological polar surface area (TPSA) is 98.6 Å². The molecule has 7 heteroatoms. The molecule has 28 heavy (non-hydrogen) atoms. The van der Waals surface area contributed by atoms with Crippen LogP contribution in [0, 0.1) is 25.2 Å². The van der Waals surface area contributed by atoms with Gasteiger partial charge in [0.25, 0.3) is 0 Å². The summed E-state index contributed by atoms with van der Waals surface area (Å²) in [6.07, 6.45) is 3.38. The highest BCUT2D eigenvalue weighted by atomic mass is 32.2. The highest BCUT2D eigenvalue weighted by Gasteiger charge is 2.21. The number of nitrogens with zero attached hydrogens (tertiary/aromatic N) is 2. The number of aryl methyl sites for hydroxylation is 1. The van der Waals surface area contributed by atoms with Gasteiger partial charge in [0, 0.05) is 17.6 Å². The number of nitriles is 1. The van der Waals surface area contributed by atoms with Crippen molar-refractivity contribution >= 4 is 15.7 Å². The van der Waals surface area contributed by atoms with Crippen LogP contribution in [0.2, 0.25) is 0 Å². The van der Waals surface area contributed by atoms with E-state index >= 15 is 0 Å². The molecule has 1 heterocycles. The SMILES string of the molecule is Cc1cccc(C(c2cccc(NS(=O)(=O)CCC#N)c2)c2cnc[nH]2)c1C. The molecule has 0 radical (unpaired) electrons. The molecule has 0 aliphatic heterocycles. The first-order valence-corrected chi connectivity index (χ1v) is 10.6. The van der Waals surface area contributed by atoms with E-state index in [0.717, 1.165) is 16.8 Å². The van der Waals surface area contributed by atoms with Gasteiger partial charge in [0.05, 0.1) is 30.5 Å². The lowest BCUT2D eigenvalue weighted by molar-refractivity contribution is 0.601. The molecule has 1 atom stereocenters. The second kappa shape index (κ2) is 8.28. The first kappa shape index (κ1) is 19.6. The summed E-state index contributed by atoms with van der Waals surface area (Å²) in [6, 6.07) is 15.4. The fourth-order valence-corrected chi connectivity index (χ4v) is 4.18. The summed E-state index contributed by atoms with van der Waals surface area (Å²) in [5, 5.41) is 8.64. The summed E-state index contributed by atoms with van der Waals surface area (Å²) in [6.45, 7) is 4.16. The number of nitrogens with one attached hydrogen (secondary N) is 2. The molecular weight excluding hydrogens is 372 g/mol. The van der Waals surface area contributed by atoms with Crippen molar-refractivity contribution in [1.82, 2.24) is 9.97 Å². The van der Waals surface area contributed by atoms with Crippen molar-refractivity contribution in [2.45, 2.75) is 26.2 Å². The number of sulfonamides is 1. The largest absolute Gasteiger partial charge is 0.348 e. The summed E-state index contributed by atoms with van der Waals surface area (Å²) >= 11 is 0. The van der Waals surface area contributed by atoms with E-state index in [9.17, 15) is 8.42 Å². The predicted octanol–water partition coefficient (Wildman–Crippen LogP) is 3.86. The minimum Gasteiger partial charge on any atom is -0.348 e. The molecule has 0 saturated heterocycles. The van der Waals surface area contributed by atoms with Gasteiger partial charge in [-0.2, -0.15) is 5.26 Å². The van der Waals surface area contributed by atoms with E-state index in [-0.39, 0.29) is 18.1 Å². The third kappa shape index (κ3) is 4.41. The molecule has 0 amide bonds. The standard InChI is InChI=1S/C21H22N4O2S/c1-15-6-3-9-19(16(15)2)21(20-13-23-14-24-20)17-7-4-8-18(12-17)25-28(26,27)11-5-10-22/h3-4,6-9,12-14,21,25H,5,11H2,1-2H3,(H,23,24). The van der Waals surface area contributed by atoms with Crippen LogP contribution in [0.25, 0.3) is 0 Å². The van der Waals surface area contributed by atoms with Gasteiger partial charge in [-0.15, -0.1) is 0 Å². The minimum atomic E-state index is -3.57. The fraction of sp³-hybridized carbons (Fsp3) is 0.238. The molecule has 2 N–H and O–H groups in total. The zero-order valence-electron chi connectivity index (χ0n) is 15.8. The molecule has 0 bridgehead atoms. The Morgan fingerprint density at radius 3 is 2.71 bits per heavy atom. The first-order chi connectivity index (χ1) is 13.4. The fourth-order valence-electron chi connectivity index (χ4n) is 3.23. The molecule has 0 saturated carbocycles. The van der Waals surface area contributed by atoms with E-state index in [0.29, 0.717) is 5.69 Å². The Bertz CT molecular complexity index is 1100. The van der Waals surface area contributed by atoms with Gasteiger partial charge in [-0.25, -0.2) is 13.4 Å². The van der Waals surface area contributed by atoms with Gasteiger partial charge in [0.15, 0.2) is 0 Å². The van der Waals surface area contributed by atoms with E-state index < -0.39 is 10.0 Å². The van der Waals surface area contributed by atoms with Crippen LogP contribution in [0.3, 0.4) is 0 Å². The van der Waals surface area contributed by atoms with Crippen LogP contribution >= 0.6 is 0 Å². The van der Waals surface area contributed by atoms with Crippen molar-refractivity contribution in [3.05, 3.63) is 82.9 Å². The van der Waals surface area contributed by atoms with E-state index in [1.54, 1.807) is 18.6 Å². The molecule has 3 aromatic rings. The van der Waals surface area contributed by atoms with Crippen LogP contribution in [0.4, 0.5) is 5.69 Å². The molecule has 2 aromatic carbocycles. The van der Waals surface area contributed by atoms with Crippen LogP contribution in [-0.4, -0.2) is 24.1 Å². The van der Waals surface area contributed by atoms with Gasteiger partial charge in [-0.1, -0.05) is 30.3 Å². The van der Waals surface area contributed by atoms with E-state index in [4.69, 9.17) is 5.26 Å². The molecule has 144 valence electrons. The number of hydrogen-bond donors (Lipinski definition) is 2. The van der Waals surface area contributed by atoms with E-state index in [1.807, 2.05) is 30.3 Å². The number of anilines is 1. The molecule has 0 aliphatic carbocycles. The maximum atomic E-state index is 12.2. The quantitative estimate of drug-likeness (QED) is 0.635. The maximum Gasteiger partial charge on any atom is 0.233 e. The Hall–Kier alpha value is -3.11. The molecule has 6 nitrogen and oxygen atoms in total. The number of imidazole rings is 1. The highest BCUT2D eigenvalue weighted by Crippen LogP contribution is 2.34. The highest BCUT2D eigenvalue weighted by molar-refractivity contribution is 7.92. The zero-order chi connectivity index (χ0) is 20.1. The van der Waals surface area contributed by atoms with Crippen LogP contribution < -0.4 is 4.72 Å². The van der Waals surface area contributed by atoms with Gasteiger partial charge >= 0.3 is 0 Å². The summed E-state index contributed by atoms with van der Waals surface area (Å²) in [7, 11) is -3.57. The summed E-state index contributed by atoms with van der Waals surface area (Å²) in [5.41, 5.74) is 5.85. The lowest BCUT2D eigenvalue weighted by Crippen LogP contribution is -2.16.